The summed E-state index contributed by atoms with van der Waals surface area (Å²) in [6.45, 7) is 3.42. The van der Waals surface area contributed by atoms with Gasteiger partial charge in [-0.1, -0.05) is 4.58 Å². The first kappa shape index (κ1) is 11.0. The van der Waals surface area contributed by atoms with Crippen LogP contribution in [0.15, 0.2) is 15.7 Å². The summed E-state index contributed by atoms with van der Waals surface area (Å²) in [4.78, 5) is 0. The lowest BCUT2D eigenvalue weighted by molar-refractivity contribution is 0.0165. The van der Waals surface area contributed by atoms with Crippen molar-refractivity contribution in [3.05, 3.63) is 17.0 Å². The lowest BCUT2D eigenvalue weighted by Crippen LogP contribution is -2.17. The summed E-state index contributed by atoms with van der Waals surface area (Å²) in [7, 11) is 0. The van der Waals surface area contributed by atoms with Crippen molar-refractivity contribution in [1.82, 2.24) is 4.58 Å². The summed E-state index contributed by atoms with van der Waals surface area (Å²) in [5, 5.41) is 20.2. The molecule has 1 rings (SSSR count). The lowest BCUT2D eigenvalue weighted by atomic mass is 10.0. The van der Waals surface area contributed by atoms with Crippen LogP contribution in [-0.2, 0) is 5.60 Å². The first-order valence-corrected chi connectivity index (χ1v) is 5.28. The Morgan fingerprint density at radius 3 is 2.62 bits per heavy atom. The van der Waals surface area contributed by atoms with Crippen LogP contribution in [0.2, 0.25) is 0 Å². The van der Waals surface area contributed by atoms with Crippen LogP contribution >= 0.6 is 23.3 Å². The van der Waals surface area contributed by atoms with Gasteiger partial charge in [0, 0.05) is 11.9 Å². The first-order valence-electron chi connectivity index (χ1n) is 3.62. The highest BCUT2D eigenvalue weighted by atomic mass is 32.2. The third-order valence-corrected chi connectivity index (χ3v) is 3.18. The van der Waals surface area contributed by atoms with Crippen molar-refractivity contribution in [3.8, 4) is 0 Å². The van der Waals surface area contributed by atoms with Gasteiger partial charge < -0.3 is 5.11 Å². The Labute approximate surface area is 85.0 Å². The summed E-state index contributed by atoms with van der Waals surface area (Å²) >= 11 is 2.44. The fourth-order valence-corrected chi connectivity index (χ4v) is 2.48. The van der Waals surface area contributed by atoms with Crippen LogP contribution in [0.4, 0.5) is 0 Å². The van der Waals surface area contributed by atoms with Crippen molar-refractivity contribution in [1.29, 1.82) is 0 Å². The summed E-state index contributed by atoms with van der Waals surface area (Å²) in [6.07, 6.45) is 0. The third kappa shape index (κ3) is 3.26. The highest BCUT2D eigenvalue weighted by molar-refractivity contribution is 7.98. The number of nitrogens with zero attached hydrogens (tertiary/aromatic N) is 1. The quantitative estimate of drug-likeness (QED) is 0.409. The van der Waals surface area contributed by atoms with Crippen LogP contribution in [0.3, 0.4) is 0 Å². The lowest BCUT2D eigenvalue weighted by Gasteiger charge is -2.14. The molecule has 1 aromatic heterocycles. The minimum Gasteiger partial charge on any atom is -0.386 e. The van der Waals surface area contributed by atoms with Crippen LogP contribution in [-0.4, -0.2) is 14.9 Å². The molecular formula is C7H12N2O2S2. The number of aliphatic hydroxyl groups is 1. The van der Waals surface area contributed by atoms with Crippen molar-refractivity contribution in [2.24, 2.45) is 5.84 Å². The normalized spacial score (nSPS) is 12.5. The Balaban J connectivity index is 2.75. The van der Waals surface area contributed by atoms with Gasteiger partial charge in [-0.25, -0.2) is 5.84 Å². The Morgan fingerprint density at radius 2 is 2.23 bits per heavy atom. The smallest absolute Gasteiger partial charge is 0.0848 e. The molecule has 0 saturated heterocycles. The molecule has 0 amide bonds. The van der Waals surface area contributed by atoms with E-state index >= 15 is 0 Å². The molecule has 0 fully saturated rings. The number of thiophene rings is 1. The van der Waals surface area contributed by atoms with Gasteiger partial charge in [-0.2, -0.15) is 0 Å². The third-order valence-electron chi connectivity index (χ3n) is 1.47. The predicted octanol–water partition coefficient (Wildman–Crippen LogP) is 1.55. The van der Waals surface area contributed by atoms with Gasteiger partial charge >= 0.3 is 0 Å². The molecule has 4 N–H and O–H groups in total. The van der Waals surface area contributed by atoms with E-state index in [2.05, 4.69) is 0 Å². The number of rotatable bonds is 3. The first-order chi connectivity index (χ1) is 5.89. The molecule has 0 saturated carbocycles. The number of hydrogen-bond acceptors (Lipinski definition) is 6. The van der Waals surface area contributed by atoms with Gasteiger partial charge in [0.2, 0.25) is 0 Å². The van der Waals surface area contributed by atoms with Crippen molar-refractivity contribution in [3.63, 3.8) is 0 Å². The summed E-state index contributed by atoms with van der Waals surface area (Å²) < 4.78 is 1.38. The van der Waals surface area contributed by atoms with Crippen LogP contribution in [0, 0.1) is 0 Å². The molecule has 0 aliphatic heterocycles. The van der Waals surface area contributed by atoms with E-state index < -0.39 is 5.60 Å². The fourth-order valence-electron chi connectivity index (χ4n) is 0.777. The molecule has 0 atom stereocenters. The highest BCUT2D eigenvalue weighted by Crippen LogP contribution is 2.31. The van der Waals surface area contributed by atoms with E-state index in [0.29, 0.717) is 4.58 Å². The number of nitrogens with two attached hydrogens (primary N) is 1. The molecule has 0 aliphatic carbocycles. The summed E-state index contributed by atoms with van der Waals surface area (Å²) in [5.41, 5.74) is -0.0219. The molecule has 0 bridgehead atoms. The topological polar surface area (TPSA) is 69.7 Å². The standard InChI is InChI=1S/C7H12N2O2S2/c1-7(2,10)5-3-6(12-4-5)13-9(8)11/h3-4,10-11H,8H2,1-2H3. The van der Waals surface area contributed by atoms with E-state index in [-0.39, 0.29) is 0 Å². The van der Waals surface area contributed by atoms with Crippen molar-refractivity contribution >= 4 is 23.3 Å². The van der Waals surface area contributed by atoms with E-state index in [1.807, 2.05) is 5.38 Å². The minimum absolute atomic E-state index is 0.542. The van der Waals surface area contributed by atoms with Crippen LogP contribution < -0.4 is 5.84 Å². The SMILES string of the molecule is CC(C)(O)c1csc(SN(N)O)c1. The fraction of sp³-hybridized carbons (Fsp3) is 0.429. The zero-order chi connectivity index (χ0) is 10.1. The van der Waals surface area contributed by atoms with E-state index in [0.717, 1.165) is 21.7 Å². The minimum atomic E-state index is -0.843. The van der Waals surface area contributed by atoms with E-state index in [1.54, 1.807) is 19.9 Å². The van der Waals surface area contributed by atoms with E-state index in [9.17, 15) is 5.11 Å². The zero-order valence-electron chi connectivity index (χ0n) is 7.39. The number of hydrazine groups is 1. The second kappa shape index (κ2) is 3.95. The average Bonchev–Trinajstić information content (AvgIpc) is 2.32. The molecule has 0 spiro atoms. The summed E-state index contributed by atoms with van der Waals surface area (Å²) in [6, 6.07) is 1.80. The van der Waals surface area contributed by atoms with Crippen molar-refractivity contribution < 1.29 is 10.3 Å². The molecule has 0 unspecified atom stereocenters. The maximum Gasteiger partial charge on any atom is 0.0848 e. The van der Waals surface area contributed by atoms with Gasteiger partial charge in [0.05, 0.1) is 9.81 Å². The monoisotopic (exact) mass is 220 g/mol. The Morgan fingerprint density at radius 1 is 1.62 bits per heavy atom. The maximum atomic E-state index is 9.63. The average molecular weight is 220 g/mol. The largest absolute Gasteiger partial charge is 0.386 e. The van der Waals surface area contributed by atoms with Gasteiger partial charge in [0.25, 0.3) is 0 Å². The molecule has 0 radical (unpaired) electrons. The molecule has 0 aromatic carbocycles. The van der Waals surface area contributed by atoms with E-state index in [1.165, 1.54) is 11.3 Å². The maximum absolute atomic E-state index is 9.63. The van der Waals surface area contributed by atoms with Gasteiger partial charge in [-0.15, -0.1) is 11.3 Å². The Hall–Kier alpha value is -0.110. The molecular weight excluding hydrogens is 208 g/mol. The molecule has 74 valence electrons. The Kier molecular flexibility index (Phi) is 3.33. The van der Waals surface area contributed by atoms with Crippen LogP contribution in [0.5, 0.6) is 0 Å². The Bertz CT molecular complexity index is 280. The molecule has 0 aliphatic rings. The van der Waals surface area contributed by atoms with Crippen molar-refractivity contribution in [2.75, 3.05) is 0 Å². The van der Waals surface area contributed by atoms with Crippen LogP contribution in [0.25, 0.3) is 0 Å². The molecule has 4 nitrogen and oxygen atoms in total. The van der Waals surface area contributed by atoms with Gasteiger partial charge in [0.1, 0.15) is 0 Å². The molecule has 6 heteroatoms. The van der Waals surface area contributed by atoms with Crippen LogP contribution in [0.1, 0.15) is 19.4 Å². The zero-order valence-corrected chi connectivity index (χ0v) is 9.02. The molecule has 1 heterocycles. The van der Waals surface area contributed by atoms with Gasteiger partial charge in [0.15, 0.2) is 0 Å². The van der Waals surface area contributed by atoms with Gasteiger partial charge in [-0.05, 0) is 30.9 Å². The second-order valence-corrected chi connectivity index (χ2v) is 5.27. The number of hydrogen-bond donors (Lipinski definition) is 3. The molecule has 13 heavy (non-hydrogen) atoms. The van der Waals surface area contributed by atoms with Crippen molar-refractivity contribution in [2.45, 2.75) is 23.7 Å². The highest BCUT2D eigenvalue weighted by Gasteiger charge is 2.18. The predicted molar refractivity (Wildman–Crippen MR) is 53.2 cm³/mol. The molecule has 1 aromatic rings. The van der Waals surface area contributed by atoms with Gasteiger partial charge in [-0.3, -0.25) is 5.21 Å². The second-order valence-electron chi connectivity index (χ2n) is 3.11. The van der Waals surface area contributed by atoms with E-state index in [4.69, 9.17) is 11.0 Å². The summed E-state index contributed by atoms with van der Waals surface area (Å²) in [5.74, 6) is 5.04.